The molecule has 2 heterocycles. The Hall–Kier alpha value is -3.34. The third kappa shape index (κ3) is 4.09. The molecule has 0 spiro atoms. The van der Waals surface area contributed by atoms with Crippen LogP contribution in [0.1, 0.15) is 31.2 Å². The molecule has 29 heavy (non-hydrogen) atoms. The van der Waals surface area contributed by atoms with Crippen LogP contribution in [0, 0.1) is 22.7 Å². The Balaban J connectivity index is 1.74. The minimum atomic E-state index is -2.94. The number of fused-ring (bicyclic) bond motifs is 3. The smallest absolute Gasteiger partial charge is 0.262 e. The highest BCUT2D eigenvalue weighted by Crippen LogP contribution is 2.30. The fourth-order valence-electron chi connectivity index (χ4n) is 3.34. The Morgan fingerprint density at radius 3 is 2.90 bits per heavy atom. The van der Waals surface area contributed by atoms with E-state index in [1.807, 2.05) is 0 Å². The third-order valence-electron chi connectivity index (χ3n) is 4.87. The fraction of sp³-hybridized carbons (Fsp3) is 0.333. The van der Waals surface area contributed by atoms with Crippen molar-refractivity contribution < 1.29 is 8.78 Å². The van der Waals surface area contributed by atoms with E-state index in [-0.39, 0.29) is 6.54 Å². The quantitative estimate of drug-likeness (QED) is 0.589. The Morgan fingerprint density at radius 2 is 2.21 bits per heavy atom. The topological polar surface area (TPSA) is 90.4 Å². The highest BCUT2D eigenvalue weighted by Gasteiger charge is 2.26. The van der Waals surface area contributed by atoms with Gasteiger partial charge in [0.1, 0.15) is 11.3 Å². The molecule has 0 unspecified atom stereocenters. The number of aromatic nitrogens is 3. The second-order valence-electron chi connectivity index (χ2n) is 7.46. The van der Waals surface area contributed by atoms with E-state index in [0.717, 1.165) is 19.8 Å². The largest absolute Gasteiger partial charge is 0.384 e. The summed E-state index contributed by atoms with van der Waals surface area (Å²) in [7, 11) is 0. The number of benzene rings is 1. The van der Waals surface area contributed by atoms with E-state index in [0.29, 0.717) is 45.0 Å². The minimum Gasteiger partial charge on any atom is -0.384 e. The molecule has 1 saturated carbocycles. The molecule has 148 valence electrons. The van der Waals surface area contributed by atoms with Gasteiger partial charge in [0.25, 0.3) is 5.92 Å². The molecule has 0 aliphatic heterocycles. The number of alkyl halides is 2. The number of nitrogens with zero attached hydrogens (tertiary/aromatic N) is 4. The van der Waals surface area contributed by atoms with Crippen LogP contribution in [0.2, 0.25) is 0 Å². The first-order chi connectivity index (χ1) is 13.9. The Morgan fingerprint density at radius 1 is 1.41 bits per heavy atom. The molecule has 8 heteroatoms. The fourth-order valence-corrected chi connectivity index (χ4v) is 3.34. The third-order valence-corrected chi connectivity index (χ3v) is 4.87. The minimum absolute atomic E-state index is 0.235. The lowest BCUT2D eigenvalue weighted by Gasteiger charge is -2.15. The SMILES string of the molecule is CC(F)(F)Cn1c(CN/C=C\C(=N)C2CC2)nc2cnc3ccc(C#N)cc3c21. The molecular weight excluding hydrogens is 374 g/mol. The number of hydrogen-bond donors (Lipinski definition) is 2. The number of rotatable bonds is 7. The molecule has 4 rings (SSSR count). The van der Waals surface area contributed by atoms with Crippen LogP contribution < -0.4 is 5.32 Å². The van der Waals surface area contributed by atoms with Crippen molar-refractivity contribution in [3.63, 3.8) is 0 Å². The summed E-state index contributed by atoms with van der Waals surface area (Å²) in [5.74, 6) is -2.14. The summed E-state index contributed by atoms with van der Waals surface area (Å²) in [4.78, 5) is 8.85. The number of imidazole rings is 1. The summed E-state index contributed by atoms with van der Waals surface area (Å²) in [6.45, 7) is 0.577. The van der Waals surface area contributed by atoms with Crippen LogP contribution in [0.25, 0.3) is 21.9 Å². The Labute approximate surface area is 166 Å². The van der Waals surface area contributed by atoms with Crippen LogP contribution in [0.5, 0.6) is 0 Å². The van der Waals surface area contributed by atoms with Gasteiger partial charge < -0.3 is 15.3 Å². The molecule has 1 aliphatic carbocycles. The Kier molecular flexibility index (Phi) is 4.74. The van der Waals surface area contributed by atoms with Crippen molar-refractivity contribution in [2.24, 2.45) is 5.92 Å². The average molecular weight is 394 g/mol. The molecule has 0 saturated heterocycles. The van der Waals surface area contributed by atoms with Gasteiger partial charge in [0.2, 0.25) is 0 Å². The number of halogens is 2. The molecule has 0 atom stereocenters. The Bertz CT molecular complexity index is 1160. The summed E-state index contributed by atoms with van der Waals surface area (Å²) >= 11 is 0. The number of allylic oxidation sites excluding steroid dienone is 1. The molecule has 0 amide bonds. The first-order valence-corrected chi connectivity index (χ1v) is 9.40. The van der Waals surface area contributed by atoms with Gasteiger partial charge in [-0.15, -0.1) is 0 Å². The van der Waals surface area contributed by atoms with Crippen LogP contribution in [0.15, 0.2) is 36.7 Å². The summed E-state index contributed by atoms with van der Waals surface area (Å²) in [5.41, 5.74) is 2.67. The average Bonchev–Trinajstić information content (AvgIpc) is 3.47. The van der Waals surface area contributed by atoms with Crippen LogP contribution in [-0.4, -0.2) is 26.2 Å². The first kappa shape index (κ1) is 19.0. The molecule has 6 nitrogen and oxygen atoms in total. The van der Waals surface area contributed by atoms with Gasteiger partial charge >= 0.3 is 0 Å². The van der Waals surface area contributed by atoms with E-state index in [1.54, 1.807) is 36.7 Å². The van der Waals surface area contributed by atoms with Gasteiger partial charge in [-0.05, 0) is 43.3 Å². The van der Waals surface area contributed by atoms with Crippen molar-refractivity contribution in [2.45, 2.75) is 38.8 Å². The first-order valence-electron chi connectivity index (χ1n) is 9.40. The zero-order valence-electron chi connectivity index (χ0n) is 15.9. The molecular formula is C21H20F2N6. The van der Waals surface area contributed by atoms with Crippen molar-refractivity contribution >= 4 is 27.6 Å². The maximum Gasteiger partial charge on any atom is 0.262 e. The molecule has 2 aromatic heterocycles. The standard InChI is InChI=1S/C21H20F2N6/c1-21(22,23)12-29-19(11-26-7-6-16(25)14-3-4-14)28-18-10-27-17-5-2-13(9-24)8-15(17)20(18)29/h2,5-8,10,14,25-26H,3-4,11-12H2,1H3/b7-6-,25-16?. The lowest BCUT2D eigenvalue weighted by molar-refractivity contribution is 0.00424. The maximum absolute atomic E-state index is 13.9. The molecule has 1 fully saturated rings. The van der Waals surface area contributed by atoms with Gasteiger partial charge in [0.15, 0.2) is 0 Å². The van der Waals surface area contributed by atoms with Crippen LogP contribution in [0.4, 0.5) is 8.78 Å². The highest BCUT2D eigenvalue weighted by molar-refractivity contribution is 6.02. The van der Waals surface area contributed by atoms with Crippen LogP contribution in [0.3, 0.4) is 0 Å². The van der Waals surface area contributed by atoms with E-state index < -0.39 is 12.5 Å². The maximum atomic E-state index is 13.9. The highest BCUT2D eigenvalue weighted by atomic mass is 19.3. The van der Waals surface area contributed by atoms with E-state index in [4.69, 9.17) is 5.41 Å². The van der Waals surface area contributed by atoms with E-state index in [1.165, 1.54) is 4.57 Å². The second kappa shape index (κ2) is 7.24. The molecule has 0 bridgehead atoms. The van der Waals surface area contributed by atoms with Crippen molar-refractivity contribution in [2.75, 3.05) is 0 Å². The monoisotopic (exact) mass is 394 g/mol. The van der Waals surface area contributed by atoms with Crippen LogP contribution >= 0.6 is 0 Å². The molecule has 2 N–H and O–H groups in total. The van der Waals surface area contributed by atoms with Crippen molar-refractivity contribution in [1.29, 1.82) is 10.7 Å². The van der Waals surface area contributed by atoms with Gasteiger partial charge in [-0.25, -0.2) is 13.8 Å². The predicted octanol–water partition coefficient (Wildman–Crippen LogP) is 4.14. The zero-order chi connectivity index (χ0) is 20.6. The van der Waals surface area contributed by atoms with E-state index in [9.17, 15) is 14.0 Å². The number of hydrogen-bond acceptors (Lipinski definition) is 5. The number of pyridine rings is 1. The summed E-state index contributed by atoms with van der Waals surface area (Å²) in [6, 6.07) is 7.09. The molecule has 3 aromatic rings. The number of nitriles is 1. The van der Waals surface area contributed by atoms with Crippen LogP contribution in [-0.2, 0) is 13.1 Å². The van der Waals surface area contributed by atoms with Gasteiger partial charge in [0.05, 0.1) is 42.0 Å². The predicted molar refractivity (Wildman–Crippen MR) is 107 cm³/mol. The van der Waals surface area contributed by atoms with Crippen molar-refractivity contribution in [3.8, 4) is 6.07 Å². The van der Waals surface area contributed by atoms with Crippen molar-refractivity contribution in [3.05, 3.63) is 48.1 Å². The van der Waals surface area contributed by atoms with Gasteiger partial charge in [-0.1, -0.05) is 0 Å². The normalized spacial score (nSPS) is 14.6. The molecule has 1 aromatic carbocycles. The summed E-state index contributed by atoms with van der Waals surface area (Å²) in [5, 5.41) is 20.8. The van der Waals surface area contributed by atoms with Gasteiger partial charge in [0, 0.05) is 23.9 Å². The summed E-state index contributed by atoms with van der Waals surface area (Å²) in [6.07, 6.45) is 7.04. The molecule has 0 radical (unpaired) electrons. The lowest BCUT2D eigenvalue weighted by Crippen LogP contribution is -2.22. The van der Waals surface area contributed by atoms with E-state index in [2.05, 4.69) is 21.4 Å². The zero-order valence-corrected chi connectivity index (χ0v) is 15.9. The van der Waals surface area contributed by atoms with Gasteiger partial charge in [-0.2, -0.15) is 5.26 Å². The van der Waals surface area contributed by atoms with Crippen molar-refractivity contribution in [1.82, 2.24) is 19.9 Å². The summed E-state index contributed by atoms with van der Waals surface area (Å²) < 4.78 is 29.4. The molecule has 1 aliphatic rings. The number of nitrogens with one attached hydrogen (secondary N) is 2. The van der Waals surface area contributed by atoms with E-state index >= 15 is 0 Å². The second-order valence-corrected chi connectivity index (χ2v) is 7.46. The lowest BCUT2D eigenvalue weighted by atomic mass is 10.1. The van der Waals surface area contributed by atoms with Gasteiger partial charge in [-0.3, -0.25) is 4.98 Å².